The lowest BCUT2D eigenvalue weighted by molar-refractivity contribution is 0.289. The molecule has 1 saturated heterocycles. The third-order valence-electron chi connectivity index (χ3n) is 4.18. The predicted octanol–water partition coefficient (Wildman–Crippen LogP) is 3.04. The van der Waals surface area contributed by atoms with E-state index in [9.17, 15) is 0 Å². The normalized spacial score (nSPS) is 19.6. The van der Waals surface area contributed by atoms with Crippen molar-refractivity contribution >= 4 is 0 Å². The number of hydrogen-bond donors (Lipinski definition) is 1. The van der Waals surface area contributed by atoms with Gasteiger partial charge in [-0.2, -0.15) is 0 Å². The summed E-state index contributed by atoms with van der Waals surface area (Å²) >= 11 is 0. The zero-order valence-corrected chi connectivity index (χ0v) is 12.0. The van der Waals surface area contributed by atoms with Crippen molar-refractivity contribution < 1.29 is 4.42 Å². The van der Waals surface area contributed by atoms with Crippen molar-refractivity contribution in [2.75, 3.05) is 13.1 Å². The van der Waals surface area contributed by atoms with Crippen LogP contribution in [0.2, 0.25) is 0 Å². The molecule has 3 rings (SSSR count). The molecule has 1 aromatic heterocycles. The van der Waals surface area contributed by atoms with Crippen LogP contribution < -0.4 is 5.73 Å². The van der Waals surface area contributed by atoms with Gasteiger partial charge < -0.3 is 10.2 Å². The quantitative estimate of drug-likeness (QED) is 0.928. The standard InChI is InChI=1S/C17H22N2O/c1-13-9-16(20-17(13)10-18)12-19-8-7-15(11-19)14-5-3-2-4-6-14/h2-6,9,15H,7-8,10-12,18H2,1H3. The van der Waals surface area contributed by atoms with E-state index in [-0.39, 0.29) is 0 Å². The molecule has 1 aliphatic heterocycles. The highest BCUT2D eigenvalue weighted by molar-refractivity contribution is 5.22. The molecule has 2 heterocycles. The second-order valence-corrected chi connectivity index (χ2v) is 5.65. The summed E-state index contributed by atoms with van der Waals surface area (Å²) in [5.74, 6) is 2.61. The van der Waals surface area contributed by atoms with Gasteiger partial charge in [-0.05, 0) is 43.0 Å². The molecule has 2 aromatic rings. The van der Waals surface area contributed by atoms with Crippen molar-refractivity contribution in [1.82, 2.24) is 4.90 Å². The Morgan fingerprint density at radius 1 is 1.30 bits per heavy atom. The second kappa shape index (κ2) is 5.81. The lowest BCUT2D eigenvalue weighted by Crippen LogP contribution is -2.19. The summed E-state index contributed by atoms with van der Waals surface area (Å²) in [5.41, 5.74) is 8.28. The van der Waals surface area contributed by atoms with Gasteiger partial charge in [-0.15, -0.1) is 0 Å². The number of hydrogen-bond acceptors (Lipinski definition) is 3. The van der Waals surface area contributed by atoms with E-state index < -0.39 is 0 Å². The van der Waals surface area contributed by atoms with Crippen molar-refractivity contribution in [3.8, 4) is 0 Å². The first kappa shape index (κ1) is 13.4. The Bertz CT molecular complexity index is 562. The fourth-order valence-corrected chi connectivity index (χ4v) is 3.06. The van der Waals surface area contributed by atoms with Crippen LogP contribution in [0.4, 0.5) is 0 Å². The second-order valence-electron chi connectivity index (χ2n) is 5.65. The van der Waals surface area contributed by atoms with Crippen LogP contribution in [0.15, 0.2) is 40.8 Å². The van der Waals surface area contributed by atoms with Crippen molar-refractivity contribution in [1.29, 1.82) is 0 Å². The first-order valence-corrected chi connectivity index (χ1v) is 7.32. The number of rotatable bonds is 4. The zero-order chi connectivity index (χ0) is 13.9. The Labute approximate surface area is 120 Å². The van der Waals surface area contributed by atoms with Gasteiger partial charge in [0, 0.05) is 6.54 Å². The lowest BCUT2D eigenvalue weighted by atomic mass is 9.99. The number of benzene rings is 1. The topological polar surface area (TPSA) is 42.4 Å². The van der Waals surface area contributed by atoms with E-state index in [1.165, 1.54) is 17.5 Å². The Kier molecular flexibility index (Phi) is 3.90. The van der Waals surface area contributed by atoms with E-state index in [1.54, 1.807) is 0 Å². The molecule has 2 N–H and O–H groups in total. The molecule has 0 amide bonds. The monoisotopic (exact) mass is 270 g/mol. The summed E-state index contributed by atoms with van der Waals surface area (Å²) in [4.78, 5) is 2.47. The number of aryl methyl sites for hydroxylation is 1. The van der Waals surface area contributed by atoms with Gasteiger partial charge in [0.25, 0.3) is 0 Å². The van der Waals surface area contributed by atoms with Gasteiger partial charge in [-0.3, -0.25) is 4.90 Å². The minimum absolute atomic E-state index is 0.485. The molecule has 0 aliphatic carbocycles. The third kappa shape index (κ3) is 2.79. The van der Waals surface area contributed by atoms with Crippen LogP contribution in [-0.4, -0.2) is 18.0 Å². The summed E-state index contributed by atoms with van der Waals surface area (Å²) in [7, 11) is 0. The summed E-state index contributed by atoms with van der Waals surface area (Å²) in [6.45, 7) is 5.69. The highest BCUT2D eigenvalue weighted by atomic mass is 16.3. The average Bonchev–Trinajstić information content (AvgIpc) is 3.07. The van der Waals surface area contributed by atoms with Crippen molar-refractivity contribution in [3.63, 3.8) is 0 Å². The van der Waals surface area contributed by atoms with Gasteiger partial charge in [0.2, 0.25) is 0 Å². The van der Waals surface area contributed by atoms with Gasteiger partial charge in [-0.25, -0.2) is 0 Å². The fraction of sp³-hybridized carbons (Fsp3) is 0.412. The zero-order valence-electron chi connectivity index (χ0n) is 12.0. The Morgan fingerprint density at radius 2 is 2.10 bits per heavy atom. The van der Waals surface area contributed by atoms with E-state index in [4.69, 9.17) is 10.2 Å². The number of furan rings is 1. The molecule has 3 nitrogen and oxygen atoms in total. The molecule has 1 fully saturated rings. The minimum atomic E-state index is 0.485. The van der Waals surface area contributed by atoms with E-state index >= 15 is 0 Å². The first-order chi connectivity index (χ1) is 9.76. The van der Waals surface area contributed by atoms with Crippen LogP contribution in [0.25, 0.3) is 0 Å². The minimum Gasteiger partial charge on any atom is -0.463 e. The Balaban J connectivity index is 1.63. The van der Waals surface area contributed by atoms with Crippen LogP contribution in [0.3, 0.4) is 0 Å². The van der Waals surface area contributed by atoms with E-state index in [1.807, 2.05) is 0 Å². The summed E-state index contributed by atoms with van der Waals surface area (Å²) < 4.78 is 5.80. The van der Waals surface area contributed by atoms with Crippen LogP contribution in [0.1, 0.15) is 35.0 Å². The molecular weight excluding hydrogens is 248 g/mol. The van der Waals surface area contributed by atoms with Crippen molar-refractivity contribution in [2.24, 2.45) is 5.73 Å². The van der Waals surface area contributed by atoms with Crippen molar-refractivity contribution in [3.05, 3.63) is 59.0 Å². The molecule has 1 aliphatic rings. The number of likely N-dealkylation sites (tertiary alicyclic amines) is 1. The molecule has 0 bridgehead atoms. The van der Waals surface area contributed by atoms with Gasteiger partial charge in [0.05, 0.1) is 13.1 Å². The molecule has 3 heteroatoms. The average molecular weight is 270 g/mol. The van der Waals surface area contributed by atoms with E-state index in [0.717, 1.165) is 31.2 Å². The molecule has 0 saturated carbocycles. The number of nitrogens with two attached hydrogens (primary N) is 1. The molecule has 1 unspecified atom stereocenters. The van der Waals surface area contributed by atoms with E-state index in [2.05, 4.69) is 48.2 Å². The lowest BCUT2D eigenvalue weighted by Gasteiger charge is -2.14. The molecule has 1 atom stereocenters. The highest BCUT2D eigenvalue weighted by Crippen LogP contribution is 2.28. The van der Waals surface area contributed by atoms with Crippen molar-refractivity contribution in [2.45, 2.75) is 32.4 Å². The molecule has 106 valence electrons. The number of nitrogens with zero attached hydrogens (tertiary/aromatic N) is 1. The van der Waals surface area contributed by atoms with Crippen LogP contribution in [-0.2, 0) is 13.1 Å². The first-order valence-electron chi connectivity index (χ1n) is 7.32. The summed E-state index contributed by atoms with van der Waals surface area (Å²) in [6, 6.07) is 12.9. The van der Waals surface area contributed by atoms with Gasteiger partial charge >= 0.3 is 0 Å². The SMILES string of the molecule is Cc1cc(CN2CCC(c3ccccc3)C2)oc1CN. The largest absolute Gasteiger partial charge is 0.463 e. The molecule has 0 radical (unpaired) electrons. The smallest absolute Gasteiger partial charge is 0.120 e. The van der Waals surface area contributed by atoms with Crippen LogP contribution in [0, 0.1) is 6.92 Å². The molecule has 0 spiro atoms. The predicted molar refractivity (Wildman–Crippen MR) is 80.4 cm³/mol. The highest BCUT2D eigenvalue weighted by Gasteiger charge is 2.24. The van der Waals surface area contributed by atoms with E-state index in [0.29, 0.717) is 12.5 Å². The molecular formula is C17H22N2O. The van der Waals surface area contributed by atoms with Crippen LogP contribution >= 0.6 is 0 Å². The fourth-order valence-electron chi connectivity index (χ4n) is 3.06. The maximum atomic E-state index is 5.80. The Hall–Kier alpha value is -1.58. The third-order valence-corrected chi connectivity index (χ3v) is 4.18. The maximum Gasteiger partial charge on any atom is 0.120 e. The maximum absolute atomic E-state index is 5.80. The molecule has 1 aromatic carbocycles. The van der Waals surface area contributed by atoms with Gasteiger partial charge in [0.15, 0.2) is 0 Å². The molecule has 20 heavy (non-hydrogen) atoms. The van der Waals surface area contributed by atoms with Gasteiger partial charge in [-0.1, -0.05) is 30.3 Å². The van der Waals surface area contributed by atoms with Gasteiger partial charge in [0.1, 0.15) is 11.5 Å². The Morgan fingerprint density at radius 3 is 2.80 bits per heavy atom. The summed E-state index contributed by atoms with van der Waals surface area (Å²) in [6.07, 6.45) is 1.23. The summed E-state index contributed by atoms with van der Waals surface area (Å²) in [5, 5.41) is 0. The van der Waals surface area contributed by atoms with Crippen LogP contribution in [0.5, 0.6) is 0 Å².